The highest BCUT2D eigenvalue weighted by molar-refractivity contribution is 7.80. The number of β-amino-alcohol motifs (C(OH)–C–C–N with tert-alkyl or cyclic N) is 1. The third-order valence-corrected chi connectivity index (χ3v) is 1.71. The highest BCUT2D eigenvalue weighted by Crippen LogP contribution is 1.96. The fourth-order valence-corrected chi connectivity index (χ4v) is 1.06. The topological polar surface area (TPSA) is 64.5 Å². The standard InChI is InChI=1S/C5H10N2O2S/c8-2-3-4(9)1-6-5(10)7-3/h3-4,8-9H,1-2H2,(H2,6,7,10). The van der Waals surface area contributed by atoms with Gasteiger partial charge < -0.3 is 20.8 Å². The maximum Gasteiger partial charge on any atom is 0.166 e. The second kappa shape index (κ2) is 3.14. The Bertz CT molecular complexity index is 142. The molecule has 1 aliphatic rings. The third kappa shape index (κ3) is 1.56. The SMILES string of the molecule is OCC1NC(=S)NCC1O. The van der Waals surface area contributed by atoms with E-state index in [9.17, 15) is 0 Å². The molecule has 1 heterocycles. The second-order valence-corrected chi connectivity index (χ2v) is 2.62. The lowest BCUT2D eigenvalue weighted by molar-refractivity contribution is 0.0936. The summed E-state index contributed by atoms with van der Waals surface area (Å²) in [7, 11) is 0. The lowest BCUT2D eigenvalue weighted by Crippen LogP contribution is -2.58. The number of nitrogens with one attached hydrogen (secondary N) is 2. The van der Waals surface area contributed by atoms with Crippen molar-refractivity contribution in [3.05, 3.63) is 0 Å². The lowest BCUT2D eigenvalue weighted by atomic mass is 10.1. The number of aliphatic hydroxyl groups excluding tert-OH is 2. The Morgan fingerprint density at radius 1 is 1.70 bits per heavy atom. The molecule has 0 aromatic heterocycles. The van der Waals surface area contributed by atoms with Crippen molar-refractivity contribution in [1.82, 2.24) is 10.6 Å². The smallest absolute Gasteiger partial charge is 0.166 e. The van der Waals surface area contributed by atoms with E-state index in [2.05, 4.69) is 10.6 Å². The molecule has 0 amide bonds. The van der Waals surface area contributed by atoms with Gasteiger partial charge in [-0.2, -0.15) is 0 Å². The van der Waals surface area contributed by atoms with Gasteiger partial charge in [0.25, 0.3) is 0 Å². The first-order chi connectivity index (χ1) is 4.74. The van der Waals surface area contributed by atoms with Crippen molar-refractivity contribution >= 4 is 17.3 Å². The van der Waals surface area contributed by atoms with Crippen molar-refractivity contribution in [2.75, 3.05) is 13.2 Å². The first-order valence-electron chi connectivity index (χ1n) is 3.07. The molecule has 1 saturated heterocycles. The van der Waals surface area contributed by atoms with Crippen LogP contribution in [0.25, 0.3) is 0 Å². The minimum absolute atomic E-state index is 0.0943. The van der Waals surface area contributed by atoms with E-state index >= 15 is 0 Å². The predicted octanol–water partition coefficient (Wildman–Crippen LogP) is -1.81. The zero-order valence-electron chi connectivity index (χ0n) is 5.37. The minimum atomic E-state index is -0.559. The molecule has 10 heavy (non-hydrogen) atoms. The van der Waals surface area contributed by atoms with Crippen LogP contribution in [0.1, 0.15) is 0 Å². The average molecular weight is 162 g/mol. The monoisotopic (exact) mass is 162 g/mol. The molecule has 0 bridgehead atoms. The van der Waals surface area contributed by atoms with Crippen LogP contribution < -0.4 is 10.6 Å². The number of thiocarbonyl (C=S) groups is 1. The van der Waals surface area contributed by atoms with Crippen LogP contribution in [0.15, 0.2) is 0 Å². The van der Waals surface area contributed by atoms with Gasteiger partial charge in [0.05, 0.1) is 18.8 Å². The van der Waals surface area contributed by atoms with Crippen molar-refractivity contribution in [2.45, 2.75) is 12.1 Å². The highest BCUT2D eigenvalue weighted by Gasteiger charge is 2.23. The summed E-state index contributed by atoms with van der Waals surface area (Å²) in [5.74, 6) is 0. The van der Waals surface area contributed by atoms with Gasteiger partial charge in [-0.05, 0) is 12.2 Å². The summed E-state index contributed by atoms with van der Waals surface area (Å²) in [5, 5.41) is 23.8. The molecule has 0 spiro atoms. The zero-order chi connectivity index (χ0) is 7.56. The molecule has 0 aliphatic carbocycles. The maximum absolute atomic E-state index is 9.14. The fourth-order valence-electron chi connectivity index (χ4n) is 0.822. The van der Waals surface area contributed by atoms with Gasteiger partial charge in [0, 0.05) is 6.54 Å². The van der Waals surface area contributed by atoms with E-state index in [4.69, 9.17) is 22.4 Å². The van der Waals surface area contributed by atoms with Crippen molar-refractivity contribution in [3.63, 3.8) is 0 Å². The summed E-state index contributed by atoms with van der Waals surface area (Å²) in [6.07, 6.45) is -0.559. The first kappa shape index (κ1) is 7.71. The molecule has 0 saturated carbocycles. The van der Waals surface area contributed by atoms with Gasteiger partial charge in [-0.25, -0.2) is 0 Å². The molecular formula is C5H10N2O2S. The summed E-state index contributed by atoms with van der Waals surface area (Å²) in [4.78, 5) is 0. The van der Waals surface area contributed by atoms with Gasteiger partial charge in [0.2, 0.25) is 0 Å². The third-order valence-electron chi connectivity index (χ3n) is 1.45. The average Bonchev–Trinajstić information content (AvgIpc) is 1.94. The lowest BCUT2D eigenvalue weighted by Gasteiger charge is -2.29. The summed E-state index contributed by atoms with van der Waals surface area (Å²) in [6.45, 7) is 0.319. The van der Waals surface area contributed by atoms with Crippen molar-refractivity contribution in [2.24, 2.45) is 0 Å². The van der Waals surface area contributed by atoms with E-state index in [1.807, 2.05) is 0 Å². The number of aliphatic hydroxyl groups is 2. The van der Waals surface area contributed by atoms with Crippen LogP contribution in [0.3, 0.4) is 0 Å². The van der Waals surface area contributed by atoms with Gasteiger partial charge in [-0.15, -0.1) is 0 Å². The number of hydrogen-bond donors (Lipinski definition) is 4. The van der Waals surface area contributed by atoms with Gasteiger partial charge in [0.1, 0.15) is 0 Å². The molecule has 0 radical (unpaired) electrons. The molecule has 58 valence electrons. The van der Waals surface area contributed by atoms with Crippen molar-refractivity contribution in [3.8, 4) is 0 Å². The van der Waals surface area contributed by atoms with E-state index in [1.54, 1.807) is 0 Å². The van der Waals surface area contributed by atoms with Crippen LogP contribution in [0.2, 0.25) is 0 Å². The van der Waals surface area contributed by atoms with Crippen molar-refractivity contribution < 1.29 is 10.2 Å². The number of hydrogen-bond acceptors (Lipinski definition) is 3. The van der Waals surface area contributed by atoms with Crippen LogP contribution in [-0.2, 0) is 0 Å². The van der Waals surface area contributed by atoms with E-state index in [1.165, 1.54) is 0 Å². The summed E-state index contributed by atoms with van der Waals surface area (Å²) in [5.41, 5.74) is 0. The maximum atomic E-state index is 9.14. The molecular weight excluding hydrogens is 152 g/mol. The molecule has 1 fully saturated rings. The van der Waals surface area contributed by atoms with Crippen LogP contribution >= 0.6 is 12.2 Å². The fraction of sp³-hybridized carbons (Fsp3) is 0.800. The Kier molecular flexibility index (Phi) is 2.42. The normalized spacial score (nSPS) is 32.8. The van der Waals surface area contributed by atoms with E-state index in [0.717, 1.165) is 0 Å². The Morgan fingerprint density at radius 3 is 2.90 bits per heavy atom. The van der Waals surface area contributed by atoms with Gasteiger partial charge >= 0.3 is 0 Å². The molecule has 0 aromatic carbocycles. The molecule has 1 aliphatic heterocycles. The first-order valence-corrected chi connectivity index (χ1v) is 3.48. The van der Waals surface area contributed by atoms with E-state index in [0.29, 0.717) is 11.7 Å². The molecule has 2 atom stereocenters. The Morgan fingerprint density at radius 2 is 2.40 bits per heavy atom. The van der Waals surface area contributed by atoms with E-state index in [-0.39, 0.29) is 12.6 Å². The Labute approximate surface area is 64.2 Å². The van der Waals surface area contributed by atoms with Crippen LogP contribution in [0.4, 0.5) is 0 Å². The van der Waals surface area contributed by atoms with Crippen molar-refractivity contribution in [1.29, 1.82) is 0 Å². The minimum Gasteiger partial charge on any atom is -0.394 e. The van der Waals surface area contributed by atoms with E-state index < -0.39 is 6.10 Å². The molecule has 0 aromatic rings. The summed E-state index contributed by atoms with van der Waals surface area (Å²) < 4.78 is 0. The van der Waals surface area contributed by atoms with Crippen LogP contribution in [-0.4, -0.2) is 40.6 Å². The van der Waals surface area contributed by atoms with Gasteiger partial charge in [0.15, 0.2) is 5.11 Å². The summed E-state index contributed by atoms with van der Waals surface area (Å²) in [6, 6.07) is -0.311. The quantitative estimate of drug-likeness (QED) is 0.342. The molecule has 5 heteroatoms. The molecule has 4 N–H and O–H groups in total. The zero-order valence-corrected chi connectivity index (χ0v) is 6.19. The van der Waals surface area contributed by atoms with Gasteiger partial charge in [-0.1, -0.05) is 0 Å². The van der Waals surface area contributed by atoms with Crippen LogP contribution in [0, 0.1) is 0 Å². The molecule has 2 unspecified atom stereocenters. The molecule has 1 rings (SSSR count). The Balaban J connectivity index is 2.45. The number of rotatable bonds is 1. The predicted molar refractivity (Wildman–Crippen MR) is 40.6 cm³/mol. The summed E-state index contributed by atoms with van der Waals surface area (Å²) >= 11 is 4.76. The molecule has 4 nitrogen and oxygen atoms in total. The van der Waals surface area contributed by atoms with Gasteiger partial charge in [-0.3, -0.25) is 0 Å². The Hall–Kier alpha value is -0.390. The largest absolute Gasteiger partial charge is 0.394 e. The van der Waals surface area contributed by atoms with Crippen LogP contribution in [0.5, 0.6) is 0 Å². The highest BCUT2D eigenvalue weighted by atomic mass is 32.1. The second-order valence-electron chi connectivity index (χ2n) is 2.21.